The fourth-order valence-electron chi connectivity index (χ4n) is 6.06. The number of halogens is 3. The molecule has 0 unspecified atom stereocenters. The molecular weight excluding hydrogens is 511 g/mol. The third-order valence-electron chi connectivity index (χ3n) is 7.62. The molecule has 0 bridgehead atoms. The smallest absolute Gasteiger partial charge is 0.255 e. The summed E-state index contributed by atoms with van der Waals surface area (Å²) in [5.74, 6) is -9.23. The lowest BCUT2D eigenvalue weighted by atomic mass is 9.58. The summed E-state index contributed by atoms with van der Waals surface area (Å²) in [5, 5.41) is 44.1. The molecule has 13 heteroatoms. The number of aromatic hydroxyl groups is 1. The first kappa shape index (κ1) is 27.6. The second-order valence-electron chi connectivity index (χ2n) is 10.3. The van der Waals surface area contributed by atoms with Crippen LogP contribution in [-0.2, 0) is 22.6 Å². The average Bonchev–Trinajstić information content (AvgIpc) is 2.78. The predicted octanol–water partition coefficient (Wildman–Crippen LogP) is 0.957. The molecule has 38 heavy (non-hydrogen) atoms. The van der Waals surface area contributed by atoms with Crippen molar-refractivity contribution >= 4 is 17.5 Å². The van der Waals surface area contributed by atoms with Gasteiger partial charge in [0.2, 0.25) is 5.78 Å². The van der Waals surface area contributed by atoms with Crippen molar-refractivity contribution in [3.8, 4) is 5.75 Å². The van der Waals surface area contributed by atoms with Crippen molar-refractivity contribution in [2.24, 2.45) is 17.6 Å². The number of carbonyl (C=O) groups is 3. The monoisotopic (exact) mass is 539 g/mol. The third-order valence-corrected chi connectivity index (χ3v) is 7.62. The maximum Gasteiger partial charge on any atom is 0.255 e. The summed E-state index contributed by atoms with van der Waals surface area (Å²) >= 11 is 0. The number of phenols is 1. The van der Waals surface area contributed by atoms with E-state index in [1.807, 2.05) is 0 Å². The van der Waals surface area contributed by atoms with Crippen molar-refractivity contribution in [1.82, 2.24) is 9.80 Å². The van der Waals surface area contributed by atoms with Crippen molar-refractivity contribution in [2.75, 3.05) is 27.7 Å². The van der Waals surface area contributed by atoms with Crippen LogP contribution in [-0.4, -0.2) is 93.5 Å². The number of alkyl halides is 2. The Kier molecular flexibility index (Phi) is 6.83. The number of primary amides is 1. The van der Waals surface area contributed by atoms with E-state index in [0.717, 1.165) is 11.0 Å². The van der Waals surface area contributed by atoms with Crippen LogP contribution in [0.15, 0.2) is 28.7 Å². The number of Topliss-reactive ketones (excluding diaryl/α,β-unsaturated/α-hetero) is 2. The predicted molar refractivity (Wildman–Crippen MR) is 126 cm³/mol. The van der Waals surface area contributed by atoms with Gasteiger partial charge >= 0.3 is 0 Å². The Morgan fingerprint density at radius 1 is 1.21 bits per heavy atom. The number of amides is 1. The summed E-state index contributed by atoms with van der Waals surface area (Å²) in [6.45, 7) is -0.928. The van der Waals surface area contributed by atoms with E-state index < -0.39 is 93.7 Å². The average molecular weight is 540 g/mol. The summed E-state index contributed by atoms with van der Waals surface area (Å²) in [7, 11) is 4.33. The maximum atomic E-state index is 15.6. The van der Waals surface area contributed by atoms with Gasteiger partial charge in [0.15, 0.2) is 11.4 Å². The van der Waals surface area contributed by atoms with Gasteiger partial charge in [-0.1, -0.05) is 0 Å². The normalized spacial score (nSPS) is 27.3. The Morgan fingerprint density at radius 3 is 2.39 bits per heavy atom. The molecule has 206 valence electrons. The summed E-state index contributed by atoms with van der Waals surface area (Å²) in [4.78, 5) is 41.3. The van der Waals surface area contributed by atoms with Crippen molar-refractivity contribution < 1.29 is 48.0 Å². The van der Waals surface area contributed by atoms with Crippen LogP contribution >= 0.6 is 0 Å². The number of hydrogen-bond donors (Lipinski definition) is 5. The number of likely N-dealkylation sites (N-methyl/N-ethyl adjacent to an activating group) is 1. The van der Waals surface area contributed by atoms with E-state index in [4.69, 9.17) is 5.73 Å². The molecule has 6 N–H and O–H groups in total. The summed E-state index contributed by atoms with van der Waals surface area (Å²) in [5.41, 5.74) is 0.351. The van der Waals surface area contributed by atoms with E-state index in [9.17, 15) is 43.6 Å². The number of benzene rings is 1. The van der Waals surface area contributed by atoms with Crippen LogP contribution in [0, 0.1) is 17.7 Å². The Bertz CT molecular complexity index is 1310. The molecule has 0 saturated carbocycles. The number of aliphatic hydroxyl groups is 3. The quantitative estimate of drug-likeness (QED) is 0.331. The second-order valence-corrected chi connectivity index (χ2v) is 10.3. The van der Waals surface area contributed by atoms with Gasteiger partial charge in [-0.05, 0) is 46.0 Å². The van der Waals surface area contributed by atoms with Gasteiger partial charge in [0, 0.05) is 29.2 Å². The first-order valence-electron chi connectivity index (χ1n) is 11.8. The van der Waals surface area contributed by atoms with Crippen molar-refractivity contribution in [3.63, 3.8) is 0 Å². The highest BCUT2D eigenvalue weighted by molar-refractivity contribution is 6.24. The van der Waals surface area contributed by atoms with Gasteiger partial charge in [-0.15, -0.1) is 0 Å². The molecule has 0 fully saturated rings. The van der Waals surface area contributed by atoms with Crippen LogP contribution in [0.2, 0.25) is 0 Å². The van der Waals surface area contributed by atoms with Crippen LogP contribution in [0.25, 0.3) is 0 Å². The van der Waals surface area contributed by atoms with Crippen LogP contribution in [0.1, 0.15) is 27.9 Å². The Hall–Kier alpha value is -3.42. The van der Waals surface area contributed by atoms with Crippen LogP contribution in [0.3, 0.4) is 0 Å². The number of carbonyl (C=O) groups excluding carboxylic acids is 3. The maximum absolute atomic E-state index is 15.6. The highest BCUT2D eigenvalue weighted by Crippen LogP contribution is 2.52. The summed E-state index contributed by atoms with van der Waals surface area (Å²) < 4.78 is 41.1. The number of allylic oxidation sites excluding steroid dienone is 1. The number of fused-ring (bicyclic) bond motifs is 3. The second kappa shape index (κ2) is 9.40. The number of aliphatic hydroxyl groups excluding tert-OH is 2. The Balaban J connectivity index is 1.86. The fourth-order valence-corrected chi connectivity index (χ4v) is 6.06. The molecule has 3 aliphatic carbocycles. The molecule has 1 amide bonds. The van der Waals surface area contributed by atoms with Crippen molar-refractivity contribution in [2.45, 2.75) is 37.5 Å². The van der Waals surface area contributed by atoms with Crippen LogP contribution < -0.4 is 5.73 Å². The molecule has 0 aliphatic heterocycles. The summed E-state index contributed by atoms with van der Waals surface area (Å²) in [6, 6.07) is -0.237. The molecule has 10 nitrogen and oxygen atoms in total. The molecule has 1 aromatic rings. The van der Waals surface area contributed by atoms with Crippen molar-refractivity contribution in [1.29, 1.82) is 0 Å². The molecule has 4 atom stereocenters. The van der Waals surface area contributed by atoms with E-state index in [2.05, 4.69) is 0 Å². The number of phenolic OH excluding ortho intramolecular Hbond substituents is 1. The number of hydrogen-bond acceptors (Lipinski definition) is 9. The third kappa shape index (κ3) is 3.96. The number of nitrogens with two attached hydrogens (primary N) is 1. The van der Waals surface area contributed by atoms with Gasteiger partial charge in [-0.3, -0.25) is 24.2 Å². The molecule has 1 aromatic carbocycles. The molecule has 4 rings (SSSR count). The van der Waals surface area contributed by atoms with Crippen molar-refractivity contribution in [3.05, 3.63) is 51.2 Å². The molecule has 3 aliphatic rings. The zero-order valence-corrected chi connectivity index (χ0v) is 20.8. The lowest BCUT2D eigenvalue weighted by molar-refractivity contribution is -0.148. The van der Waals surface area contributed by atoms with E-state index in [0.29, 0.717) is 0 Å². The Labute approximate surface area is 215 Å². The van der Waals surface area contributed by atoms with Gasteiger partial charge in [-0.2, -0.15) is 0 Å². The van der Waals surface area contributed by atoms with E-state index in [1.54, 1.807) is 0 Å². The first-order chi connectivity index (χ1) is 17.6. The SMILES string of the molecule is CN(Cc1cc(O)c2c(c1F)C[C@H]1C[C@H]3[C@H](N(C)C)C(O)=C(C(N)=O)C(=O)[C@@]3(O)C(O)=C1C2=O)CC(F)F. The Morgan fingerprint density at radius 2 is 1.84 bits per heavy atom. The standard InChI is InChI=1S/C25H28F3N3O7/c1-30(2)19-12-5-9-4-11-16(13(32)6-10(18(11)28)7-31(3)8-14(26)27)20(33)15(9)22(35)25(12,38)23(36)17(21(19)34)24(29)37/h6,9,12,14,19,32,34-35,38H,4-5,7-8H2,1-3H3,(H2,29,37)/t9-,12-,19-,25-/m0/s1. The lowest BCUT2D eigenvalue weighted by Gasteiger charge is -2.50. The highest BCUT2D eigenvalue weighted by Gasteiger charge is 2.63. The molecule has 0 heterocycles. The molecule has 0 saturated heterocycles. The lowest BCUT2D eigenvalue weighted by Crippen LogP contribution is -2.63. The van der Waals surface area contributed by atoms with Gasteiger partial charge in [0.25, 0.3) is 12.3 Å². The zero-order chi connectivity index (χ0) is 28.4. The van der Waals surface area contributed by atoms with E-state index in [1.165, 1.54) is 26.0 Å². The number of nitrogens with zero attached hydrogens (tertiary/aromatic N) is 2. The molecule has 0 aromatic heterocycles. The molecule has 0 spiro atoms. The number of rotatable bonds is 6. The van der Waals surface area contributed by atoms with Gasteiger partial charge < -0.3 is 26.2 Å². The zero-order valence-electron chi connectivity index (χ0n) is 20.8. The highest BCUT2D eigenvalue weighted by atomic mass is 19.3. The minimum Gasteiger partial charge on any atom is -0.510 e. The number of ketones is 2. The first-order valence-corrected chi connectivity index (χ1v) is 11.8. The summed E-state index contributed by atoms with van der Waals surface area (Å²) in [6.07, 6.45) is -3.10. The fraction of sp³-hybridized carbons (Fsp3) is 0.480. The van der Waals surface area contributed by atoms with E-state index in [-0.39, 0.29) is 30.5 Å². The van der Waals surface area contributed by atoms with Crippen LogP contribution in [0.4, 0.5) is 13.2 Å². The van der Waals surface area contributed by atoms with Gasteiger partial charge in [0.1, 0.15) is 28.7 Å². The minimum atomic E-state index is -2.80. The minimum absolute atomic E-state index is 0.119. The van der Waals surface area contributed by atoms with Gasteiger partial charge in [0.05, 0.1) is 18.2 Å². The molecule has 0 radical (unpaired) electrons. The van der Waals surface area contributed by atoms with E-state index >= 15 is 4.39 Å². The van der Waals surface area contributed by atoms with Crippen LogP contribution in [0.5, 0.6) is 5.75 Å². The molecular formula is C25H28F3N3O7. The topological polar surface area (TPSA) is 165 Å². The largest absolute Gasteiger partial charge is 0.510 e. The van der Waals surface area contributed by atoms with Gasteiger partial charge in [-0.25, -0.2) is 13.2 Å².